The lowest BCUT2D eigenvalue weighted by atomic mass is 10.3. The van der Waals surface area contributed by atoms with Crippen LogP contribution in [-0.4, -0.2) is 39.6 Å². The molecule has 2 aromatic carbocycles. The van der Waals surface area contributed by atoms with Gasteiger partial charge in [-0.05, 0) is 62.4 Å². The summed E-state index contributed by atoms with van der Waals surface area (Å²) < 4.78 is 27.7. The fraction of sp³-hybridized carbons (Fsp3) is 0.400. The highest BCUT2D eigenvalue weighted by molar-refractivity contribution is 5.32. The second kappa shape index (κ2) is 10.5. The molecule has 136 valence electrons. The lowest BCUT2D eigenvalue weighted by Crippen LogP contribution is -2.27. The predicted molar refractivity (Wildman–Crippen MR) is 97.0 cm³/mol. The monoisotopic (exact) mass is 346 g/mol. The third-order valence-corrected chi connectivity index (χ3v) is 3.47. The maximum atomic E-state index is 5.75. The Morgan fingerprint density at radius 1 is 0.600 bits per heavy atom. The Kier molecular flexibility index (Phi) is 7.92. The van der Waals surface area contributed by atoms with Gasteiger partial charge in [0.2, 0.25) is 0 Å². The zero-order chi connectivity index (χ0) is 17.9. The van der Waals surface area contributed by atoms with Gasteiger partial charge in [-0.1, -0.05) is 0 Å². The van der Waals surface area contributed by atoms with Crippen LogP contribution in [0.3, 0.4) is 0 Å². The van der Waals surface area contributed by atoms with Crippen molar-refractivity contribution in [3.8, 4) is 23.0 Å². The fourth-order valence-electron chi connectivity index (χ4n) is 2.16. The molecule has 5 nitrogen and oxygen atoms in total. The summed E-state index contributed by atoms with van der Waals surface area (Å²) in [6.45, 7) is 6.02. The summed E-state index contributed by atoms with van der Waals surface area (Å²) in [4.78, 5) is 0. The number of hydrogen-bond donors (Lipinski definition) is 0. The molecule has 0 aliphatic carbocycles. The van der Waals surface area contributed by atoms with E-state index in [2.05, 4.69) is 0 Å². The van der Waals surface area contributed by atoms with Crippen LogP contribution in [0.5, 0.6) is 23.0 Å². The summed E-state index contributed by atoms with van der Waals surface area (Å²) in [6.07, 6.45) is -0.168. The van der Waals surface area contributed by atoms with Crippen LogP contribution >= 0.6 is 0 Å². The van der Waals surface area contributed by atoms with Crippen molar-refractivity contribution in [2.75, 3.05) is 33.5 Å². The molecule has 2 aromatic rings. The van der Waals surface area contributed by atoms with Crippen molar-refractivity contribution in [2.45, 2.75) is 20.0 Å². The van der Waals surface area contributed by atoms with Crippen molar-refractivity contribution in [3.05, 3.63) is 48.5 Å². The highest BCUT2D eigenvalue weighted by Gasteiger charge is 2.10. The number of ether oxygens (including phenoxy) is 5. The topological polar surface area (TPSA) is 46.2 Å². The third-order valence-electron chi connectivity index (χ3n) is 3.47. The smallest absolute Gasteiger partial charge is 0.125 e. The van der Waals surface area contributed by atoms with Gasteiger partial charge in [-0.15, -0.1) is 0 Å². The van der Waals surface area contributed by atoms with Crippen LogP contribution in [0.15, 0.2) is 48.5 Å². The fourth-order valence-corrected chi connectivity index (χ4v) is 2.16. The van der Waals surface area contributed by atoms with Gasteiger partial charge in [-0.3, -0.25) is 0 Å². The molecule has 25 heavy (non-hydrogen) atoms. The summed E-state index contributed by atoms with van der Waals surface area (Å²) in [5.74, 6) is 3.20. The molecule has 0 aromatic heterocycles. The Labute approximate surface area is 149 Å². The van der Waals surface area contributed by atoms with E-state index in [1.165, 1.54) is 0 Å². The first-order valence-corrected chi connectivity index (χ1v) is 8.49. The van der Waals surface area contributed by atoms with Crippen molar-refractivity contribution in [3.63, 3.8) is 0 Å². The molecule has 0 unspecified atom stereocenters. The normalized spacial score (nSPS) is 10.6. The largest absolute Gasteiger partial charge is 0.494 e. The van der Waals surface area contributed by atoms with Crippen molar-refractivity contribution < 1.29 is 23.7 Å². The van der Waals surface area contributed by atoms with Crippen LogP contribution in [0.4, 0.5) is 0 Å². The first-order valence-electron chi connectivity index (χ1n) is 8.49. The molecule has 0 aliphatic rings. The summed E-state index contributed by atoms with van der Waals surface area (Å²) in [7, 11) is 1.65. The Morgan fingerprint density at radius 2 is 0.920 bits per heavy atom. The van der Waals surface area contributed by atoms with E-state index in [4.69, 9.17) is 23.7 Å². The number of methoxy groups -OCH3 is 1. The van der Waals surface area contributed by atoms with Crippen LogP contribution in [0.1, 0.15) is 13.8 Å². The zero-order valence-electron chi connectivity index (χ0n) is 15.1. The van der Waals surface area contributed by atoms with Gasteiger partial charge in [0.25, 0.3) is 0 Å². The number of rotatable bonds is 11. The highest BCUT2D eigenvalue weighted by atomic mass is 16.6. The molecule has 0 saturated carbocycles. The molecule has 0 fully saturated rings. The van der Waals surface area contributed by atoms with Crippen LogP contribution in [0.25, 0.3) is 0 Å². The predicted octanol–water partition coefficient (Wildman–Crippen LogP) is 3.96. The minimum absolute atomic E-state index is 0.168. The Hall–Kier alpha value is -2.40. The van der Waals surface area contributed by atoms with Gasteiger partial charge < -0.3 is 23.7 Å². The molecule has 0 atom stereocenters. The third kappa shape index (κ3) is 6.55. The van der Waals surface area contributed by atoms with Gasteiger partial charge in [0.05, 0.1) is 13.2 Å². The molecule has 0 N–H and O–H groups in total. The average molecular weight is 346 g/mol. The van der Waals surface area contributed by atoms with Gasteiger partial charge >= 0.3 is 0 Å². The van der Waals surface area contributed by atoms with Crippen molar-refractivity contribution in [1.29, 1.82) is 0 Å². The highest BCUT2D eigenvalue weighted by Crippen LogP contribution is 2.19. The van der Waals surface area contributed by atoms with E-state index in [0.717, 1.165) is 23.0 Å². The summed E-state index contributed by atoms with van der Waals surface area (Å²) in [6, 6.07) is 15.1. The lowest BCUT2D eigenvalue weighted by Gasteiger charge is -2.17. The second-order valence-corrected chi connectivity index (χ2v) is 5.29. The maximum Gasteiger partial charge on any atom is 0.125 e. The van der Waals surface area contributed by atoms with Gasteiger partial charge in [0.1, 0.15) is 42.3 Å². The van der Waals surface area contributed by atoms with E-state index in [1.54, 1.807) is 7.11 Å². The van der Waals surface area contributed by atoms with Gasteiger partial charge in [0.15, 0.2) is 0 Å². The van der Waals surface area contributed by atoms with Crippen molar-refractivity contribution in [1.82, 2.24) is 0 Å². The SMILES string of the molecule is CCOc1ccc(OCC(COc2ccc(OCC)cc2)OC)cc1. The van der Waals surface area contributed by atoms with E-state index in [0.29, 0.717) is 26.4 Å². The summed E-state index contributed by atoms with van der Waals surface area (Å²) >= 11 is 0. The van der Waals surface area contributed by atoms with E-state index in [1.807, 2.05) is 62.4 Å². The van der Waals surface area contributed by atoms with Crippen LogP contribution in [0.2, 0.25) is 0 Å². The molecule has 5 heteroatoms. The first kappa shape index (κ1) is 18.9. The zero-order valence-corrected chi connectivity index (χ0v) is 15.1. The lowest BCUT2D eigenvalue weighted by molar-refractivity contribution is 0.0237. The van der Waals surface area contributed by atoms with E-state index >= 15 is 0 Å². The quantitative estimate of drug-likeness (QED) is 0.616. The van der Waals surface area contributed by atoms with Crippen LogP contribution in [-0.2, 0) is 4.74 Å². The Balaban J connectivity index is 1.77. The van der Waals surface area contributed by atoms with Crippen molar-refractivity contribution in [2.24, 2.45) is 0 Å². The molecule has 0 spiro atoms. The Bertz CT molecular complexity index is 541. The molecular formula is C20H26O5. The molecule has 0 bridgehead atoms. The first-order chi connectivity index (χ1) is 12.2. The number of hydrogen-bond acceptors (Lipinski definition) is 5. The molecule has 0 radical (unpaired) electrons. The van der Waals surface area contributed by atoms with Gasteiger partial charge in [-0.2, -0.15) is 0 Å². The Morgan fingerprint density at radius 3 is 1.20 bits per heavy atom. The molecule has 0 saturated heterocycles. The summed E-state index contributed by atoms with van der Waals surface area (Å²) in [5, 5.41) is 0. The van der Waals surface area contributed by atoms with E-state index in [-0.39, 0.29) is 6.10 Å². The molecule has 0 aliphatic heterocycles. The average Bonchev–Trinajstić information content (AvgIpc) is 2.65. The second-order valence-electron chi connectivity index (χ2n) is 5.29. The molecule has 0 heterocycles. The van der Waals surface area contributed by atoms with Crippen LogP contribution < -0.4 is 18.9 Å². The van der Waals surface area contributed by atoms with E-state index in [9.17, 15) is 0 Å². The molecule has 2 rings (SSSR count). The molecule has 0 amide bonds. The molecular weight excluding hydrogens is 320 g/mol. The maximum absolute atomic E-state index is 5.75. The summed E-state index contributed by atoms with van der Waals surface area (Å²) in [5.41, 5.74) is 0. The van der Waals surface area contributed by atoms with Crippen LogP contribution in [0, 0.1) is 0 Å². The minimum atomic E-state index is -0.168. The minimum Gasteiger partial charge on any atom is -0.494 e. The number of benzene rings is 2. The van der Waals surface area contributed by atoms with E-state index < -0.39 is 0 Å². The van der Waals surface area contributed by atoms with Gasteiger partial charge in [-0.25, -0.2) is 0 Å². The van der Waals surface area contributed by atoms with Gasteiger partial charge in [0, 0.05) is 7.11 Å². The van der Waals surface area contributed by atoms with Crippen molar-refractivity contribution >= 4 is 0 Å². The standard InChI is InChI=1S/C20H26O5/c1-4-22-16-6-10-18(11-7-16)24-14-20(21-3)15-25-19-12-8-17(9-13-19)23-5-2/h6-13,20H,4-5,14-15H2,1-3H3.